The van der Waals surface area contributed by atoms with E-state index in [0.717, 1.165) is 32.7 Å². The van der Waals surface area contributed by atoms with Crippen LogP contribution in [0.25, 0.3) is 10.9 Å². The highest BCUT2D eigenvalue weighted by Gasteiger charge is 2.22. The van der Waals surface area contributed by atoms with Gasteiger partial charge in [-0.05, 0) is 42.8 Å². The van der Waals surface area contributed by atoms with Crippen LogP contribution in [0.4, 0.5) is 0 Å². The van der Waals surface area contributed by atoms with Gasteiger partial charge in [0.15, 0.2) is 6.61 Å². The summed E-state index contributed by atoms with van der Waals surface area (Å²) in [4.78, 5) is 20.2. The fourth-order valence-corrected chi connectivity index (χ4v) is 3.81. The number of nitrogens with one attached hydrogen (secondary N) is 1. The summed E-state index contributed by atoms with van der Waals surface area (Å²) in [5.41, 5.74) is 3.75. The number of halogens is 1. The second kappa shape index (κ2) is 8.25. The van der Waals surface area contributed by atoms with Gasteiger partial charge in [0.1, 0.15) is 5.75 Å². The molecule has 0 saturated carbocycles. The van der Waals surface area contributed by atoms with E-state index in [4.69, 9.17) is 16.3 Å². The summed E-state index contributed by atoms with van der Waals surface area (Å²) in [6, 6.07) is 15.5. The zero-order valence-electron chi connectivity index (χ0n) is 16.0. The highest BCUT2D eigenvalue weighted by molar-refractivity contribution is 6.30. The quantitative estimate of drug-likeness (QED) is 0.711. The summed E-state index contributed by atoms with van der Waals surface area (Å²) in [7, 11) is 0. The van der Waals surface area contributed by atoms with Crippen LogP contribution in [0.2, 0.25) is 5.02 Å². The molecule has 0 atom stereocenters. The van der Waals surface area contributed by atoms with Crippen LogP contribution >= 0.6 is 11.6 Å². The molecule has 2 heterocycles. The lowest BCUT2D eigenvalue weighted by atomic mass is 10.1. The minimum atomic E-state index is 0.0258. The maximum atomic E-state index is 12.4. The number of hydrogen-bond donors (Lipinski definition) is 1. The molecular formula is C22H24ClN3O2. The number of para-hydroxylation sites is 1. The number of aromatic nitrogens is 1. The summed E-state index contributed by atoms with van der Waals surface area (Å²) >= 11 is 5.87. The number of hydrogen-bond acceptors (Lipinski definition) is 3. The first-order valence-electron chi connectivity index (χ1n) is 9.55. The number of carbonyl (C=O) groups excluding carboxylic acids is 1. The van der Waals surface area contributed by atoms with Gasteiger partial charge < -0.3 is 14.6 Å². The largest absolute Gasteiger partial charge is 0.484 e. The smallest absolute Gasteiger partial charge is 0.260 e. The number of benzene rings is 2. The third kappa shape index (κ3) is 4.16. The van der Waals surface area contributed by atoms with E-state index in [2.05, 4.69) is 41.1 Å². The van der Waals surface area contributed by atoms with Gasteiger partial charge in [0, 0.05) is 54.3 Å². The van der Waals surface area contributed by atoms with Gasteiger partial charge in [-0.2, -0.15) is 0 Å². The summed E-state index contributed by atoms with van der Waals surface area (Å²) in [6.07, 6.45) is 0. The van der Waals surface area contributed by atoms with Gasteiger partial charge >= 0.3 is 0 Å². The van der Waals surface area contributed by atoms with Gasteiger partial charge in [-0.1, -0.05) is 29.8 Å². The Labute approximate surface area is 169 Å². The van der Waals surface area contributed by atoms with Crippen LogP contribution in [0, 0.1) is 6.92 Å². The van der Waals surface area contributed by atoms with Crippen molar-refractivity contribution in [2.24, 2.45) is 0 Å². The second-order valence-corrected chi connectivity index (χ2v) is 7.61. The molecule has 2 aromatic carbocycles. The number of aromatic amines is 1. The zero-order chi connectivity index (χ0) is 19.5. The zero-order valence-corrected chi connectivity index (χ0v) is 16.7. The molecule has 0 aliphatic carbocycles. The lowest BCUT2D eigenvalue weighted by Gasteiger charge is -2.34. The van der Waals surface area contributed by atoms with Crippen molar-refractivity contribution in [3.05, 3.63) is 64.8 Å². The fourth-order valence-electron chi connectivity index (χ4n) is 3.68. The summed E-state index contributed by atoms with van der Waals surface area (Å²) in [5, 5.41) is 1.94. The lowest BCUT2D eigenvalue weighted by Crippen LogP contribution is -2.49. The first kappa shape index (κ1) is 18.8. The molecule has 0 spiro atoms. The Morgan fingerprint density at radius 1 is 1.07 bits per heavy atom. The Balaban J connectivity index is 1.30. The van der Waals surface area contributed by atoms with Crippen molar-refractivity contribution in [3.8, 4) is 5.75 Å². The van der Waals surface area contributed by atoms with E-state index >= 15 is 0 Å². The van der Waals surface area contributed by atoms with E-state index in [1.54, 1.807) is 24.3 Å². The first-order valence-corrected chi connectivity index (χ1v) is 9.92. The van der Waals surface area contributed by atoms with Gasteiger partial charge in [-0.3, -0.25) is 9.69 Å². The van der Waals surface area contributed by atoms with E-state index in [-0.39, 0.29) is 12.5 Å². The summed E-state index contributed by atoms with van der Waals surface area (Å²) in [6.45, 7) is 6.28. The molecule has 28 heavy (non-hydrogen) atoms. The molecule has 1 aromatic heterocycles. The third-order valence-corrected chi connectivity index (χ3v) is 5.56. The number of rotatable bonds is 5. The molecule has 1 amide bonds. The average molecular weight is 398 g/mol. The molecule has 0 radical (unpaired) electrons. The van der Waals surface area contributed by atoms with Crippen molar-refractivity contribution < 1.29 is 9.53 Å². The SMILES string of the molecule is Cc1[nH]c2ccccc2c1CN1CCN(C(=O)COc2ccc(Cl)cc2)CC1. The van der Waals surface area contributed by atoms with Crippen LogP contribution < -0.4 is 4.74 Å². The van der Waals surface area contributed by atoms with Crippen LogP contribution in [0.3, 0.4) is 0 Å². The van der Waals surface area contributed by atoms with Crippen LogP contribution in [0.15, 0.2) is 48.5 Å². The predicted octanol–water partition coefficient (Wildman–Crippen LogP) is 3.85. The Hall–Kier alpha value is -2.50. The minimum Gasteiger partial charge on any atom is -0.484 e. The lowest BCUT2D eigenvalue weighted by molar-refractivity contribution is -0.135. The predicted molar refractivity (Wildman–Crippen MR) is 112 cm³/mol. The molecule has 5 nitrogen and oxygen atoms in total. The summed E-state index contributed by atoms with van der Waals surface area (Å²) < 4.78 is 5.58. The first-order chi connectivity index (χ1) is 13.6. The number of nitrogens with zero attached hydrogens (tertiary/aromatic N) is 2. The normalized spacial score (nSPS) is 15.1. The molecule has 146 valence electrons. The Kier molecular flexibility index (Phi) is 5.55. The maximum absolute atomic E-state index is 12.4. The number of ether oxygens (including phenoxy) is 1. The highest BCUT2D eigenvalue weighted by Crippen LogP contribution is 2.24. The van der Waals surface area contributed by atoms with Crippen molar-refractivity contribution >= 4 is 28.4 Å². The number of H-pyrrole nitrogens is 1. The summed E-state index contributed by atoms with van der Waals surface area (Å²) in [5.74, 6) is 0.684. The van der Waals surface area contributed by atoms with Crippen LogP contribution in [0.5, 0.6) is 5.75 Å². The van der Waals surface area contributed by atoms with Gasteiger partial charge in [0.2, 0.25) is 0 Å². The van der Waals surface area contributed by atoms with Crippen molar-refractivity contribution in [2.45, 2.75) is 13.5 Å². The molecule has 0 bridgehead atoms. The van der Waals surface area contributed by atoms with Gasteiger partial charge in [-0.15, -0.1) is 0 Å². The monoisotopic (exact) mass is 397 g/mol. The fraction of sp³-hybridized carbons (Fsp3) is 0.318. The van der Waals surface area contributed by atoms with Crippen molar-refractivity contribution in [1.82, 2.24) is 14.8 Å². The molecule has 1 aliphatic heterocycles. The molecule has 1 N–H and O–H groups in total. The van der Waals surface area contributed by atoms with E-state index < -0.39 is 0 Å². The molecule has 4 rings (SSSR count). The van der Waals surface area contributed by atoms with Gasteiger partial charge in [0.05, 0.1) is 0 Å². The van der Waals surface area contributed by atoms with E-state index in [1.165, 1.54) is 22.2 Å². The third-order valence-electron chi connectivity index (χ3n) is 5.31. The maximum Gasteiger partial charge on any atom is 0.260 e. The van der Waals surface area contributed by atoms with Crippen molar-refractivity contribution in [3.63, 3.8) is 0 Å². The Morgan fingerprint density at radius 2 is 1.79 bits per heavy atom. The second-order valence-electron chi connectivity index (χ2n) is 7.17. The number of piperazine rings is 1. The standard InChI is InChI=1S/C22H24ClN3O2/c1-16-20(19-4-2-3-5-21(19)24-16)14-25-10-12-26(13-11-25)22(27)15-28-18-8-6-17(23)7-9-18/h2-9,24H,10-15H2,1H3. The van der Waals surface area contributed by atoms with E-state index in [9.17, 15) is 4.79 Å². The van der Waals surface area contributed by atoms with Gasteiger partial charge in [-0.25, -0.2) is 0 Å². The molecular weight excluding hydrogens is 374 g/mol. The minimum absolute atomic E-state index is 0.0258. The number of aryl methyl sites for hydroxylation is 1. The molecule has 0 unspecified atom stereocenters. The molecule has 6 heteroatoms. The number of amides is 1. The van der Waals surface area contributed by atoms with Crippen LogP contribution in [0.1, 0.15) is 11.3 Å². The van der Waals surface area contributed by atoms with E-state index in [0.29, 0.717) is 10.8 Å². The number of fused-ring (bicyclic) bond motifs is 1. The molecule has 1 aliphatic rings. The van der Waals surface area contributed by atoms with Crippen molar-refractivity contribution in [1.29, 1.82) is 0 Å². The van der Waals surface area contributed by atoms with Crippen molar-refractivity contribution in [2.75, 3.05) is 32.8 Å². The van der Waals surface area contributed by atoms with Crippen LogP contribution in [-0.4, -0.2) is 53.5 Å². The topological polar surface area (TPSA) is 48.6 Å². The number of carbonyl (C=O) groups is 1. The van der Waals surface area contributed by atoms with Crippen LogP contribution in [-0.2, 0) is 11.3 Å². The Morgan fingerprint density at radius 3 is 2.54 bits per heavy atom. The van der Waals surface area contributed by atoms with Gasteiger partial charge in [0.25, 0.3) is 5.91 Å². The Bertz CT molecular complexity index is 960. The molecule has 1 fully saturated rings. The molecule has 1 saturated heterocycles. The molecule has 3 aromatic rings. The highest BCUT2D eigenvalue weighted by atomic mass is 35.5. The average Bonchev–Trinajstić information content (AvgIpc) is 3.03. The van der Waals surface area contributed by atoms with E-state index in [1.807, 2.05) is 4.90 Å².